The van der Waals surface area contributed by atoms with Gasteiger partial charge in [-0.1, -0.05) is 24.3 Å². The van der Waals surface area contributed by atoms with Crippen molar-refractivity contribution >= 4 is 40.1 Å². The van der Waals surface area contributed by atoms with Gasteiger partial charge >= 0.3 is 7.12 Å². The van der Waals surface area contributed by atoms with Gasteiger partial charge in [0.1, 0.15) is 62.3 Å². The van der Waals surface area contributed by atoms with Gasteiger partial charge in [0.2, 0.25) is 11.9 Å². The van der Waals surface area contributed by atoms with Gasteiger partial charge in [-0.3, -0.25) is 19.9 Å². The van der Waals surface area contributed by atoms with Crippen molar-refractivity contribution in [3.05, 3.63) is 209 Å². The topological polar surface area (TPSA) is 279 Å². The Labute approximate surface area is 621 Å². The van der Waals surface area contributed by atoms with Crippen LogP contribution in [0.3, 0.4) is 0 Å². The average Bonchev–Trinajstić information content (AvgIpc) is 1.59. The Bertz CT molecular complexity index is 5080. The van der Waals surface area contributed by atoms with Crippen molar-refractivity contribution in [3.63, 3.8) is 0 Å². The van der Waals surface area contributed by atoms with E-state index in [9.17, 15) is 8.78 Å². The lowest BCUT2D eigenvalue weighted by atomic mass is 9.81. The fourth-order valence-corrected chi connectivity index (χ4v) is 17.9. The summed E-state index contributed by atoms with van der Waals surface area (Å²) >= 11 is 3.73. The highest BCUT2D eigenvalue weighted by Gasteiger charge is 2.45. The third-order valence-electron chi connectivity index (χ3n) is 21.7. The summed E-state index contributed by atoms with van der Waals surface area (Å²) in [7, 11) is -1.63. The van der Waals surface area contributed by atoms with Crippen molar-refractivity contribution in [2.45, 2.75) is 153 Å². The van der Waals surface area contributed by atoms with Crippen LogP contribution in [0.4, 0.5) is 20.4 Å². The van der Waals surface area contributed by atoms with Crippen LogP contribution in [0.2, 0.25) is 0 Å². The molecular weight excluding hydrogens is 1410 g/mol. The summed E-state index contributed by atoms with van der Waals surface area (Å²) in [5, 5.41) is 41.5. The number of hydrogen-bond donors (Lipinski definition) is 6. The molecule has 4 aliphatic carbocycles. The van der Waals surface area contributed by atoms with Gasteiger partial charge in [-0.15, -0.1) is 0 Å². The van der Waals surface area contributed by atoms with Crippen LogP contribution in [0, 0.1) is 39.6 Å². The molecule has 8 aliphatic rings. The second kappa shape index (κ2) is 30.0. The van der Waals surface area contributed by atoms with E-state index in [2.05, 4.69) is 74.7 Å². The van der Waals surface area contributed by atoms with Crippen LogP contribution in [0.5, 0.6) is 0 Å². The summed E-state index contributed by atoms with van der Waals surface area (Å²) in [6, 6.07) is 40.3. The number of nitrogens with one attached hydrogen (secondary N) is 2. The molecule has 4 fully saturated rings. The molecule has 0 saturated heterocycles. The second-order valence-corrected chi connectivity index (χ2v) is 29.5. The standard InChI is InChI=1S/2C21H23N5O.C19H17FN4.C14H14BrN3.C5H5BFNO2/c2*1-13-3-2-4-17(24-13)19-20(14-7-8-22-18(12-14)23-9-10-27)26-16-6-5-15(11-16)21(26)25-19;1-11-3-2-4-15(22-11)17-18(12-7-8-21-16(20)10-12)24-14-6-5-13(9-14)19(24)23-17;1-8-3-2-4-11(16-8)12-13(15)18-10-6-5-9(7-10)14(18)17-12;7-5-3-4(6(9)10)1-2-8-5/h2*2-4,7-8,12,15-16,27H,5-6,9-11H2,1H3,(H,22,23);2-4,7-8,10,13-14H,5-6,9H2,1H3;2-4,9-10H,5-7H2,1H3;1-3,9-10H. The Morgan fingerprint density at radius 2 is 0.736 bits per heavy atom. The van der Waals surface area contributed by atoms with Crippen LogP contribution < -0.4 is 16.1 Å². The molecule has 4 saturated carbocycles. The van der Waals surface area contributed by atoms with E-state index < -0.39 is 19.0 Å². The third kappa shape index (κ3) is 13.8. The van der Waals surface area contributed by atoms with E-state index in [0.717, 1.165) is 137 Å². The summed E-state index contributed by atoms with van der Waals surface area (Å²) < 4.78 is 36.6. The molecule has 20 rings (SSSR count). The van der Waals surface area contributed by atoms with E-state index >= 15 is 0 Å². The molecule has 6 N–H and O–H groups in total. The molecular formula is C80H82BBrF2N18O4. The molecule has 0 amide bonds. The van der Waals surface area contributed by atoms with Crippen molar-refractivity contribution < 1.29 is 29.0 Å². The van der Waals surface area contributed by atoms with E-state index in [1.54, 1.807) is 0 Å². The Morgan fingerprint density at radius 1 is 0.406 bits per heavy atom. The third-order valence-corrected chi connectivity index (χ3v) is 22.5. The van der Waals surface area contributed by atoms with E-state index in [4.69, 9.17) is 50.2 Å². The lowest BCUT2D eigenvalue weighted by Crippen LogP contribution is -2.30. The number of fused-ring (bicyclic) bond motifs is 20. The fraction of sp³-hybridized carbons (Fsp3) is 0.350. The number of hydrogen-bond acceptors (Lipinski definition) is 18. The molecule has 22 nitrogen and oxygen atoms in total. The van der Waals surface area contributed by atoms with Crippen LogP contribution in [0.25, 0.3) is 79.3 Å². The van der Waals surface area contributed by atoms with E-state index in [1.165, 1.54) is 113 Å². The predicted molar refractivity (Wildman–Crippen MR) is 406 cm³/mol. The number of halogens is 3. The first-order valence-electron chi connectivity index (χ1n) is 36.7. The number of rotatable bonds is 14. The molecule has 4 aliphatic heterocycles. The van der Waals surface area contributed by atoms with Gasteiger partial charge in [0.05, 0.1) is 53.1 Å². The molecule has 26 heteroatoms. The summed E-state index contributed by atoms with van der Waals surface area (Å²) in [4.78, 5) is 54.3. The van der Waals surface area contributed by atoms with Gasteiger partial charge in [-0.05, 0) is 217 Å². The molecule has 8 bridgehead atoms. The molecule has 0 aromatic carbocycles. The van der Waals surface area contributed by atoms with Crippen LogP contribution in [0.1, 0.15) is 171 Å². The Morgan fingerprint density at radius 3 is 1.08 bits per heavy atom. The highest BCUT2D eigenvalue weighted by atomic mass is 79.9. The molecule has 0 radical (unpaired) electrons. The largest absolute Gasteiger partial charge is 0.488 e. The molecule has 106 heavy (non-hydrogen) atoms. The SMILES string of the molecule is Cc1cccc(-c2nc3n(c2-c2ccnc(F)c2)C2CCC3C2)n1.Cc1cccc(-c2nc3n(c2-c2ccnc(NCCO)c2)C2CCC3C2)n1.Cc1cccc(-c2nc3n(c2-c2ccnc(NCCO)c2)C2CCC3C2)n1.Cc1cccc(-c2nc3n(c2Br)C2CCC3C2)n1.OB(O)c1ccnc(F)c1. The van der Waals surface area contributed by atoms with Crippen LogP contribution in [0.15, 0.2) is 151 Å². The average molecular weight is 1490 g/mol. The van der Waals surface area contributed by atoms with Gasteiger partial charge in [0.15, 0.2) is 0 Å². The number of aliphatic hydroxyl groups is 2. The fourth-order valence-electron chi connectivity index (χ4n) is 17.2. The minimum atomic E-state index is -1.63. The molecule has 540 valence electrons. The van der Waals surface area contributed by atoms with Crippen molar-refractivity contribution in [1.29, 1.82) is 0 Å². The summed E-state index contributed by atoms with van der Waals surface area (Å²) in [5.41, 5.74) is 17.8. The number of imidazole rings is 4. The van der Waals surface area contributed by atoms with Crippen LogP contribution in [-0.2, 0) is 0 Å². The maximum atomic E-state index is 13.7. The number of pyridine rings is 8. The summed E-state index contributed by atoms with van der Waals surface area (Å²) in [6.07, 6.45) is 21.1. The maximum Gasteiger partial charge on any atom is 0.488 e. The first-order chi connectivity index (χ1) is 51.6. The van der Waals surface area contributed by atoms with Gasteiger partial charge < -0.3 is 49.2 Å². The maximum absolute atomic E-state index is 13.7. The summed E-state index contributed by atoms with van der Waals surface area (Å²) in [5.74, 6) is 7.51. The van der Waals surface area contributed by atoms with E-state index in [0.29, 0.717) is 60.9 Å². The molecule has 12 aromatic rings. The number of aromatic nitrogens is 16. The highest BCUT2D eigenvalue weighted by molar-refractivity contribution is 9.10. The monoisotopic (exact) mass is 1490 g/mol. The number of nitrogens with zero attached hydrogens (tertiary/aromatic N) is 16. The number of aryl methyl sites for hydroxylation is 4. The number of aliphatic hydroxyl groups excluding tert-OH is 2. The first-order valence-corrected chi connectivity index (χ1v) is 37.5. The lowest BCUT2D eigenvalue weighted by molar-refractivity contribution is 0.310. The van der Waals surface area contributed by atoms with E-state index in [-0.39, 0.29) is 18.7 Å². The zero-order valence-corrected chi connectivity index (χ0v) is 61.0. The highest BCUT2D eigenvalue weighted by Crippen LogP contribution is 2.56. The summed E-state index contributed by atoms with van der Waals surface area (Å²) in [6.45, 7) is 9.15. The minimum Gasteiger partial charge on any atom is -0.423 e. The Kier molecular flexibility index (Phi) is 19.9. The Hall–Kier alpha value is -10.1. The first kappa shape index (κ1) is 70.2. The smallest absolute Gasteiger partial charge is 0.423 e. The minimum absolute atomic E-state index is 0.0796. The molecule has 8 atom stereocenters. The predicted octanol–water partition coefficient (Wildman–Crippen LogP) is 14.1. The Balaban J connectivity index is 0.000000105. The zero-order chi connectivity index (χ0) is 72.9. The van der Waals surface area contributed by atoms with Crippen molar-refractivity contribution in [2.24, 2.45) is 0 Å². The lowest BCUT2D eigenvalue weighted by Gasteiger charge is -2.17. The van der Waals surface area contributed by atoms with Gasteiger partial charge in [-0.2, -0.15) is 8.78 Å². The zero-order valence-electron chi connectivity index (χ0n) is 59.4. The molecule has 12 aromatic heterocycles. The normalized spacial score (nSPS) is 20.1. The van der Waals surface area contributed by atoms with Gasteiger partial charge in [0.25, 0.3) is 0 Å². The van der Waals surface area contributed by atoms with Crippen molar-refractivity contribution in [2.75, 3.05) is 36.9 Å². The van der Waals surface area contributed by atoms with Crippen molar-refractivity contribution in [1.82, 2.24) is 78.1 Å². The molecule has 16 heterocycles. The van der Waals surface area contributed by atoms with Crippen molar-refractivity contribution in [3.8, 4) is 79.3 Å². The van der Waals surface area contributed by atoms with Crippen LogP contribution >= 0.6 is 15.9 Å². The van der Waals surface area contributed by atoms with Crippen LogP contribution in [-0.4, -0.2) is 132 Å². The molecule has 8 unspecified atom stereocenters. The quantitative estimate of drug-likeness (QED) is 0.0436. The second-order valence-electron chi connectivity index (χ2n) is 28.7. The van der Waals surface area contributed by atoms with Gasteiger partial charge in [0, 0.05) is 131 Å². The van der Waals surface area contributed by atoms with Gasteiger partial charge in [-0.25, -0.2) is 39.9 Å². The van der Waals surface area contributed by atoms with E-state index in [1.807, 2.05) is 143 Å². The number of anilines is 2. The molecule has 0 spiro atoms.